The van der Waals surface area contributed by atoms with Gasteiger partial charge >= 0.3 is 11.9 Å². The molecular formula is C30H16O8. The molecule has 4 aromatic carbocycles. The second-order valence-corrected chi connectivity index (χ2v) is 9.38. The van der Waals surface area contributed by atoms with Gasteiger partial charge in [-0.1, -0.05) is 24.3 Å². The third kappa shape index (κ3) is 3.10. The summed E-state index contributed by atoms with van der Waals surface area (Å²) in [5.41, 5.74) is 7.52. The zero-order chi connectivity index (χ0) is 25.4. The maximum atomic E-state index is 12.2. The molecule has 8 nitrogen and oxygen atoms in total. The van der Waals surface area contributed by atoms with Crippen molar-refractivity contribution in [2.75, 3.05) is 0 Å². The van der Waals surface area contributed by atoms with Crippen LogP contribution >= 0.6 is 0 Å². The minimum atomic E-state index is -0.896. The molecule has 0 N–H and O–H groups in total. The molecule has 0 radical (unpaired) electrons. The van der Waals surface area contributed by atoms with Gasteiger partial charge in [0.2, 0.25) is 0 Å². The van der Waals surface area contributed by atoms with E-state index in [4.69, 9.17) is 28.4 Å². The third-order valence-electron chi connectivity index (χ3n) is 6.97. The van der Waals surface area contributed by atoms with Crippen LogP contribution in [0.3, 0.4) is 0 Å². The zero-order valence-corrected chi connectivity index (χ0v) is 19.6. The van der Waals surface area contributed by atoms with Crippen LogP contribution in [0.5, 0.6) is 11.5 Å². The molecule has 0 fully saturated rings. The average Bonchev–Trinajstić information content (AvgIpc) is 3.47. The predicted molar refractivity (Wildman–Crippen MR) is 136 cm³/mol. The second-order valence-electron chi connectivity index (χ2n) is 9.38. The van der Waals surface area contributed by atoms with E-state index < -0.39 is 11.9 Å². The minimum absolute atomic E-state index is 0.338. The van der Waals surface area contributed by atoms with Gasteiger partial charge in [-0.05, 0) is 71.5 Å². The number of hydrogen-bond acceptors (Lipinski definition) is 8. The molecule has 8 heteroatoms. The summed E-state index contributed by atoms with van der Waals surface area (Å²) in [4.78, 5) is 44.9. The van der Waals surface area contributed by atoms with Gasteiger partial charge in [0.25, 0.3) is 0 Å². The lowest BCUT2D eigenvalue weighted by atomic mass is 9.89. The van der Waals surface area contributed by atoms with E-state index in [0.717, 1.165) is 68.8 Å². The van der Waals surface area contributed by atoms with Crippen molar-refractivity contribution in [2.45, 2.75) is 12.8 Å². The lowest BCUT2D eigenvalue weighted by Crippen LogP contribution is -2.08. The highest BCUT2D eigenvalue weighted by atomic mass is 17.2. The first kappa shape index (κ1) is 20.9. The number of carbonyl (C=O) groups is 2. The molecule has 4 bridgehead atoms. The Morgan fingerprint density at radius 3 is 1.50 bits per heavy atom. The third-order valence-corrected chi connectivity index (χ3v) is 6.97. The summed E-state index contributed by atoms with van der Waals surface area (Å²) in [7, 11) is 0. The highest BCUT2D eigenvalue weighted by Crippen LogP contribution is 2.43. The van der Waals surface area contributed by atoms with Crippen LogP contribution < -0.4 is 9.78 Å². The van der Waals surface area contributed by atoms with Gasteiger partial charge in [0.1, 0.15) is 22.3 Å². The van der Waals surface area contributed by atoms with Crippen LogP contribution in [-0.4, -0.2) is 11.9 Å². The van der Waals surface area contributed by atoms with Crippen LogP contribution in [0.2, 0.25) is 0 Å². The molecule has 0 unspecified atom stereocenters. The van der Waals surface area contributed by atoms with Crippen molar-refractivity contribution in [3.8, 4) is 11.5 Å². The van der Waals surface area contributed by atoms with Crippen LogP contribution in [0.4, 0.5) is 0 Å². The van der Waals surface area contributed by atoms with Gasteiger partial charge in [-0.3, -0.25) is 9.78 Å². The van der Waals surface area contributed by atoms with Crippen LogP contribution in [0.15, 0.2) is 81.7 Å². The molecule has 2 heterocycles. The van der Waals surface area contributed by atoms with Crippen molar-refractivity contribution in [3.63, 3.8) is 0 Å². The van der Waals surface area contributed by atoms with E-state index in [2.05, 4.69) is 12.1 Å². The fraction of sp³-hybridized carbons (Fsp3) is 0.0667. The Labute approximate surface area is 213 Å². The SMILES string of the molecule is O=C(/C=C/C(=O)OOc1cccc2oc3cc4cc(c3c12)C4)OOc1cccc2oc3cc4cc(c3c12)C4. The topological polar surface area (TPSA) is 97.3 Å². The van der Waals surface area contributed by atoms with E-state index in [0.29, 0.717) is 22.7 Å². The van der Waals surface area contributed by atoms with Crippen molar-refractivity contribution in [2.24, 2.45) is 0 Å². The smallest absolute Gasteiger partial charge is 0.379 e. The van der Waals surface area contributed by atoms with Gasteiger partial charge in [-0.2, -0.15) is 0 Å². The van der Waals surface area contributed by atoms with Crippen molar-refractivity contribution >= 4 is 55.8 Å². The second kappa shape index (κ2) is 7.63. The Morgan fingerprint density at radius 1 is 0.605 bits per heavy atom. The first-order valence-electron chi connectivity index (χ1n) is 12.0. The molecule has 38 heavy (non-hydrogen) atoms. The Hall–Kier alpha value is -5.24. The Balaban J connectivity index is 0.953. The summed E-state index contributed by atoms with van der Waals surface area (Å²) < 4.78 is 11.8. The van der Waals surface area contributed by atoms with Crippen molar-refractivity contribution in [1.82, 2.24) is 0 Å². The summed E-state index contributed by atoms with van der Waals surface area (Å²) in [6.07, 6.45) is 3.53. The highest BCUT2D eigenvalue weighted by Gasteiger charge is 2.23. The molecule has 10 rings (SSSR count). The first-order chi connectivity index (χ1) is 18.6. The molecule has 0 spiro atoms. The molecule has 184 valence electrons. The lowest BCUT2D eigenvalue weighted by molar-refractivity contribution is -0.209. The van der Waals surface area contributed by atoms with Gasteiger partial charge in [-0.15, -0.1) is 0 Å². The van der Waals surface area contributed by atoms with Gasteiger partial charge < -0.3 is 8.83 Å². The first-order valence-corrected chi connectivity index (χ1v) is 12.0. The van der Waals surface area contributed by atoms with E-state index in [1.54, 1.807) is 24.3 Å². The number of hydrogen-bond donors (Lipinski definition) is 0. The predicted octanol–water partition coefficient (Wildman–Crippen LogP) is 6.22. The highest BCUT2D eigenvalue weighted by molar-refractivity contribution is 6.12. The van der Waals surface area contributed by atoms with Crippen molar-refractivity contribution in [3.05, 3.63) is 95.1 Å². The molecule has 0 saturated carbocycles. The van der Waals surface area contributed by atoms with Gasteiger partial charge in [0, 0.05) is 22.9 Å². The van der Waals surface area contributed by atoms with E-state index in [-0.39, 0.29) is 0 Å². The molecular weight excluding hydrogens is 488 g/mol. The summed E-state index contributed by atoms with van der Waals surface area (Å²) in [6.45, 7) is 0. The maximum Gasteiger partial charge on any atom is 0.379 e. The fourth-order valence-corrected chi connectivity index (χ4v) is 5.29. The number of rotatable bonds is 6. The van der Waals surface area contributed by atoms with Crippen molar-refractivity contribution in [1.29, 1.82) is 0 Å². The normalized spacial score (nSPS) is 13.2. The molecule has 0 atom stereocenters. The Kier molecular flexibility index (Phi) is 4.20. The lowest BCUT2D eigenvalue weighted by Gasteiger charge is -2.15. The summed E-state index contributed by atoms with van der Waals surface area (Å²) in [5.74, 6) is -1.12. The van der Waals surface area contributed by atoms with Gasteiger partial charge in [0.05, 0.1) is 10.8 Å². The van der Waals surface area contributed by atoms with E-state index in [9.17, 15) is 9.59 Å². The number of carbonyl (C=O) groups excluding carboxylic acids is 2. The Morgan fingerprint density at radius 2 is 1.05 bits per heavy atom. The number of furan rings is 2. The summed E-state index contributed by atoms with van der Waals surface area (Å²) in [5, 5.41) is 3.34. The van der Waals surface area contributed by atoms with Crippen LogP contribution in [0.1, 0.15) is 22.3 Å². The standard InChI is InChI=1S/C30H16O8/c31-25(37-35-21-5-1-3-19-29(21)27-17-9-15(10-17)13-23(27)33-19)7-8-26(32)38-36-22-6-2-4-20-30(22)28-18-11-16(12-18)14-24(28)34-20/h1-9,11,13-14H,10,12H2/b8-7+. The minimum Gasteiger partial charge on any atom is -0.456 e. The zero-order valence-electron chi connectivity index (χ0n) is 19.6. The van der Waals surface area contributed by atoms with Gasteiger partial charge in [0.15, 0.2) is 11.5 Å². The number of fused-ring (bicyclic) bond motifs is 2. The molecule has 4 aliphatic rings. The van der Waals surface area contributed by atoms with E-state index >= 15 is 0 Å². The maximum absolute atomic E-state index is 12.2. The average molecular weight is 504 g/mol. The monoisotopic (exact) mass is 504 g/mol. The summed E-state index contributed by atoms with van der Waals surface area (Å²) >= 11 is 0. The van der Waals surface area contributed by atoms with Crippen LogP contribution in [-0.2, 0) is 32.2 Å². The summed E-state index contributed by atoms with van der Waals surface area (Å²) in [6, 6.07) is 18.7. The van der Waals surface area contributed by atoms with Crippen molar-refractivity contribution < 1.29 is 38.0 Å². The molecule has 2 aromatic heterocycles. The quantitative estimate of drug-likeness (QED) is 0.149. The number of benzene rings is 4. The van der Waals surface area contributed by atoms with Crippen LogP contribution in [0.25, 0.3) is 43.9 Å². The van der Waals surface area contributed by atoms with Gasteiger partial charge in [-0.25, -0.2) is 19.4 Å². The van der Waals surface area contributed by atoms with E-state index in [1.165, 1.54) is 11.1 Å². The largest absolute Gasteiger partial charge is 0.456 e. The molecule has 0 aliphatic heterocycles. The van der Waals surface area contributed by atoms with E-state index in [1.807, 2.05) is 24.3 Å². The van der Waals surface area contributed by atoms with Crippen LogP contribution in [0, 0.1) is 0 Å². The Bertz CT molecular complexity index is 1880. The molecule has 4 aliphatic carbocycles. The fourth-order valence-electron chi connectivity index (χ4n) is 5.29. The molecule has 6 aromatic rings. The molecule has 0 saturated heterocycles. The molecule has 0 amide bonds.